The summed E-state index contributed by atoms with van der Waals surface area (Å²) in [6.07, 6.45) is 1.34. The predicted octanol–water partition coefficient (Wildman–Crippen LogP) is -0.413. The van der Waals surface area contributed by atoms with E-state index < -0.39 is 0 Å². The van der Waals surface area contributed by atoms with Crippen molar-refractivity contribution in [2.75, 3.05) is 26.2 Å². The quantitative estimate of drug-likeness (QED) is 0.729. The number of aromatic nitrogens is 1. The van der Waals surface area contributed by atoms with Crippen molar-refractivity contribution in [3.63, 3.8) is 0 Å². The predicted molar refractivity (Wildman–Crippen MR) is 60.6 cm³/mol. The summed E-state index contributed by atoms with van der Waals surface area (Å²) in [6, 6.07) is 3.02. The zero-order chi connectivity index (χ0) is 12.3. The largest absolute Gasteiger partial charge is 0.505 e. The SMILES string of the molecule is NCC1CN(C(=O)c2ncccc2O)CCO1. The number of morpholine rings is 1. The Morgan fingerprint density at radius 3 is 3.24 bits per heavy atom. The summed E-state index contributed by atoms with van der Waals surface area (Å²) < 4.78 is 5.37. The molecule has 1 unspecified atom stereocenters. The van der Waals surface area contributed by atoms with Gasteiger partial charge in [-0.3, -0.25) is 4.79 Å². The average molecular weight is 237 g/mol. The molecule has 6 nitrogen and oxygen atoms in total. The van der Waals surface area contributed by atoms with Crippen molar-refractivity contribution < 1.29 is 14.6 Å². The van der Waals surface area contributed by atoms with Crippen molar-refractivity contribution in [2.45, 2.75) is 6.10 Å². The molecule has 0 saturated carbocycles. The molecule has 2 rings (SSSR count). The average Bonchev–Trinajstić information content (AvgIpc) is 2.38. The van der Waals surface area contributed by atoms with Gasteiger partial charge in [0.15, 0.2) is 5.69 Å². The van der Waals surface area contributed by atoms with E-state index in [0.29, 0.717) is 26.2 Å². The van der Waals surface area contributed by atoms with Crippen LogP contribution < -0.4 is 5.73 Å². The van der Waals surface area contributed by atoms with E-state index in [4.69, 9.17) is 10.5 Å². The van der Waals surface area contributed by atoms with Crippen LogP contribution in [0.2, 0.25) is 0 Å². The fourth-order valence-electron chi connectivity index (χ4n) is 1.76. The zero-order valence-electron chi connectivity index (χ0n) is 9.37. The first-order valence-corrected chi connectivity index (χ1v) is 5.47. The Labute approximate surface area is 99.0 Å². The van der Waals surface area contributed by atoms with Crippen LogP contribution in [0.3, 0.4) is 0 Å². The molecular formula is C11H15N3O3. The Morgan fingerprint density at radius 2 is 2.53 bits per heavy atom. The summed E-state index contributed by atoms with van der Waals surface area (Å²) in [6.45, 7) is 1.76. The molecule has 92 valence electrons. The minimum Gasteiger partial charge on any atom is -0.505 e. The number of amides is 1. The van der Waals surface area contributed by atoms with E-state index >= 15 is 0 Å². The van der Waals surface area contributed by atoms with Crippen molar-refractivity contribution in [1.29, 1.82) is 0 Å². The lowest BCUT2D eigenvalue weighted by atomic mass is 10.2. The molecule has 0 aromatic carbocycles. The van der Waals surface area contributed by atoms with Gasteiger partial charge in [0, 0.05) is 25.8 Å². The van der Waals surface area contributed by atoms with Crippen molar-refractivity contribution in [2.24, 2.45) is 5.73 Å². The molecule has 1 aliphatic rings. The summed E-state index contributed by atoms with van der Waals surface area (Å²) in [5, 5.41) is 9.57. The van der Waals surface area contributed by atoms with Crippen molar-refractivity contribution in [3.8, 4) is 5.75 Å². The molecule has 0 spiro atoms. The molecule has 17 heavy (non-hydrogen) atoms. The smallest absolute Gasteiger partial charge is 0.276 e. The molecule has 0 radical (unpaired) electrons. The van der Waals surface area contributed by atoms with Crippen LogP contribution in [-0.4, -0.2) is 53.2 Å². The first-order chi connectivity index (χ1) is 8.22. The zero-order valence-corrected chi connectivity index (χ0v) is 9.37. The second kappa shape index (κ2) is 5.11. The Morgan fingerprint density at radius 1 is 1.71 bits per heavy atom. The molecule has 1 saturated heterocycles. The van der Waals surface area contributed by atoms with E-state index in [-0.39, 0.29) is 23.5 Å². The third-order valence-electron chi connectivity index (χ3n) is 2.68. The maximum atomic E-state index is 12.1. The Hall–Kier alpha value is -1.66. The molecule has 3 N–H and O–H groups in total. The fraction of sp³-hybridized carbons (Fsp3) is 0.455. The first-order valence-electron chi connectivity index (χ1n) is 5.47. The van der Waals surface area contributed by atoms with Gasteiger partial charge < -0.3 is 20.5 Å². The maximum absolute atomic E-state index is 12.1. The lowest BCUT2D eigenvalue weighted by Gasteiger charge is -2.32. The molecular weight excluding hydrogens is 222 g/mol. The molecule has 1 fully saturated rings. The summed E-state index contributed by atoms with van der Waals surface area (Å²) >= 11 is 0. The molecule has 2 heterocycles. The summed E-state index contributed by atoms with van der Waals surface area (Å²) in [7, 11) is 0. The second-order valence-corrected chi connectivity index (χ2v) is 3.85. The van der Waals surface area contributed by atoms with Crippen LogP contribution in [0.25, 0.3) is 0 Å². The summed E-state index contributed by atoms with van der Waals surface area (Å²) in [5.74, 6) is -0.391. The molecule has 1 aromatic heterocycles. The van der Waals surface area contributed by atoms with Gasteiger partial charge in [0.25, 0.3) is 5.91 Å². The van der Waals surface area contributed by atoms with Gasteiger partial charge in [-0.1, -0.05) is 0 Å². The number of hydrogen-bond donors (Lipinski definition) is 2. The fourth-order valence-corrected chi connectivity index (χ4v) is 1.76. The lowest BCUT2D eigenvalue weighted by Crippen LogP contribution is -2.48. The number of hydrogen-bond acceptors (Lipinski definition) is 5. The van der Waals surface area contributed by atoms with Gasteiger partial charge in [0.2, 0.25) is 0 Å². The summed E-state index contributed by atoms with van der Waals surface area (Å²) in [5.41, 5.74) is 5.58. The van der Waals surface area contributed by atoms with Gasteiger partial charge in [0.1, 0.15) is 5.75 Å². The number of aromatic hydroxyl groups is 1. The molecule has 0 bridgehead atoms. The third kappa shape index (κ3) is 2.54. The van der Waals surface area contributed by atoms with Gasteiger partial charge in [-0.05, 0) is 12.1 Å². The van der Waals surface area contributed by atoms with Crippen LogP contribution in [0.15, 0.2) is 18.3 Å². The van der Waals surface area contributed by atoms with E-state index in [9.17, 15) is 9.90 Å². The number of ether oxygens (including phenoxy) is 1. The van der Waals surface area contributed by atoms with E-state index in [1.54, 1.807) is 11.0 Å². The van der Waals surface area contributed by atoms with E-state index in [1.807, 2.05) is 0 Å². The molecule has 6 heteroatoms. The highest BCUT2D eigenvalue weighted by molar-refractivity contribution is 5.94. The highest BCUT2D eigenvalue weighted by atomic mass is 16.5. The highest BCUT2D eigenvalue weighted by Crippen LogP contribution is 2.16. The Bertz CT molecular complexity index is 411. The molecule has 1 amide bonds. The molecule has 1 aliphatic heterocycles. The molecule has 0 aliphatic carbocycles. The number of carbonyl (C=O) groups is 1. The second-order valence-electron chi connectivity index (χ2n) is 3.85. The first kappa shape index (κ1) is 11.8. The minimum absolute atomic E-state index is 0.0742. The Balaban J connectivity index is 2.12. The van der Waals surface area contributed by atoms with Crippen LogP contribution >= 0.6 is 0 Å². The van der Waals surface area contributed by atoms with Crippen molar-refractivity contribution in [3.05, 3.63) is 24.0 Å². The third-order valence-corrected chi connectivity index (χ3v) is 2.68. The monoisotopic (exact) mass is 237 g/mol. The van der Waals surface area contributed by atoms with Crippen LogP contribution in [0.1, 0.15) is 10.5 Å². The van der Waals surface area contributed by atoms with Gasteiger partial charge in [-0.2, -0.15) is 0 Å². The van der Waals surface area contributed by atoms with Crippen LogP contribution in [0, 0.1) is 0 Å². The number of carbonyl (C=O) groups excluding carboxylic acids is 1. The summed E-state index contributed by atoms with van der Waals surface area (Å²) in [4.78, 5) is 17.6. The standard InChI is InChI=1S/C11H15N3O3/c12-6-8-7-14(4-5-17-8)11(16)10-9(15)2-1-3-13-10/h1-3,8,15H,4-7,12H2. The molecule has 1 atom stereocenters. The number of nitrogens with zero attached hydrogens (tertiary/aromatic N) is 2. The van der Waals surface area contributed by atoms with E-state index in [0.717, 1.165) is 0 Å². The van der Waals surface area contributed by atoms with Gasteiger partial charge in [-0.15, -0.1) is 0 Å². The van der Waals surface area contributed by atoms with Crippen LogP contribution in [0.4, 0.5) is 0 Å². The molecule has 1 aromatic rings. The van der Waals surface area contributed by atoms with E-state index in [2.05, 4.69) is 4.98 Å². The van der Waals surface area contributed by atoms with Crippen LogP contribution in [-0.2, 0) is 4.74 Å². The van der Waals surface area contributed by atoms with Crippen molar-refractivity contribution >= 4 is 5.91 Å². The topological polar surface area (TPSA) is 88.7 Å². The van der Waals surface area contributed by atoms with Gasteiger partial charge >= 0.3 is 0 Å². The van der Waals surface area contributed by atoms with Crippen LogP contribution in [0.5, 0.6) is 5.75 Å². The van der Waals surface area contributed by atoms with Crippen molar-refractivity contribution in [1.82, 2.24) is 9.88 Å². The Kier molecular flexibility index (Phi) is 3.55. The van der Waals surface area contributed by atoms with E-state index in [1.165, 1.54) is 12.3 Å². The van der Waals surface area contributed by atoms with Gasteiger partial charge in [0.05, 0.1) is 12.7 Å². The number of pyridine rings is 1. The number of rotatable bonds is 2. The number of nitrogens with two attached hydrogens (primary N) is 1. The highest BCUT2D eigenvalue weighted by Gasteiger charge is 2.26. The lowest BCUT2D eigenvalue weighted by molar-refractivity contribution is -0.0170. The minimum atomic E-state index is -0.287. The normalized spacial score (nSPS) is 20.3. The maximum Gasteiger partial charge on any atom is 0.276 e. The van der Waals surface area contributed by atoms with Gasteiger partial charge in [-0.25, -0.2) is 4.98 Å².